The van der Waals surface area contributed by atoms with Crippen LogP contribution in [0.5, 0.6) is 5.75 Å². The monoisotopic (exact) mass is 532 g/mol. The van der Waals surface area contributed by atoms with E-state index in [9.17, 15) is 13.2 Å². The summed E-state index contributed by atoms with van der Waals surface area (Å²) in [6, 6.07) is 13.1. The molecule has 0 radical (unpaired) electrons. The first-order valence-corrected chi connectivity index (χ1v) is 14.4. The van der Waals surface area contributed by atoms with Gasteiger partial charge >= 0.3 is 0 Å². The number of fused-ring (bicyclic) bond motifs is 2. The van der Waals surface area contributed by atoms with E-state index in [-0.39, 0.29) is 19.1 Å². The molecule has 3 heterocycles. The highest BCUT2D eigenvalue weighted by Crippen LogP contribution is 2.48. The van der Waals surface area contributed by atoms with Gasteiger partial charge in [-0.1, -0.05) is 23.7 Å². The Bertz CT molecular complexity index is 1250. The number of benzene rings is 2. The topological polar surface area (TPSA) is 76.2 Å². The molecule has 2 aromatic rings. The summed E-state index contributed by atoms with van der Waals surface area (Å²) in [6.45, 7) is 6.70. The third kappa shape index (κ3) is 3.93. The standard InChI is InChI=1S/C27H33ClN2O5S/c1-19(2)36(32,33)27(17-34-18-27)20-4-7-22(8-5-20)35-15-14-30-12-10-26(11-13-30)23-16-21(28)6-9-24(23)29(3)25(26)31/h4-9,16,19H,10-15,17-18H2,1-3H3. The quantitative estimate of drug-likeness (QED) is 0.540. The van der Waals surface area contributed by atoms with Crippen LogP contribution in [0.1, 0.15) is 37.8 Å². The van der Waals surface area contributed by atoms with Crippen molar-refractivity contribution in [1.29, 1.82) is 0 Å². The van der Waals surface area contributed by atoms with E-state index >= 15 is 0 Å². The molecule has 9 heteroatoms. The van der Waals surface area contributed by atoms with Gasteiger partial charge in [0.05, 0.1) is 23.9 Å². The van der Waals surface area contributed by atoms with Crippen molar-refractivity contribution in [3.63, 3.8) is 0 Å². The van der Waals surface area contributed by atoms with Crippen LogP contribution in [-0.2, 0) is 29.5 Å². The summed E-state index contributed by atoms with van der Waals surface area (Å²) >= 11 is 6.27. The van der Waals surface area contributed by atoms with E-state index in [4.69, 9.17) is 21.1 Å². The Morgan fingerprint density at radius 1 is 1.08 bits per heavy atom. The van der Waals surface area contributed by atoms with Crippen LogP contribution in [0.4, 0.5) is 5.69 Å². The Morgan fingerprint density at radius 3 is 2.33 bits per heavy atom. The lowest BCUT2D eigenvalue weighted by atomic mass is 9.73. The van der Waals surface area contributed by atoms with Crippen molar-refractivity contribution in [2.24, 2.45) is 0 Å². The number of halogens is 1. The van der Waals surface area contributed by atoms with Crippen LogP contribution in [0.25, 0.3) is 0 Å². The fourth-order valence-electron chi connectivity index (χ4n) is 5.75. The third-order valence-corrected chi connectivity index (χ3v) is 11.2. The zero-order valence-corrected chi connectivity index (χ0v) is 22.6. The SMILES string of the molecule is CC(C)S(=O)(=O)C1(c2ccc(OCCN3CCC4(CC3)C(=O)N(C)c3ccc(Cl)cc34)cc2)COC1. The van der Waals surface area contributed by atoms with Gasteiger partial charge < -0.3 is 14.4 Å². The fraction of sp³-hybridized carbons (Fsp3) is 0.519. The van der Waals surface area contributed by atoms with Crippen LogP contribution in [0.15, 0.2) is 42.5 Å². The molecule has 0 aliphatic carbocycles. The number of carbonyl (C=O) groups excluding carboxylic acids is 1. The molecule has 0 N–H and O–H groups in total. The number of likely N-dealkylation sites (tertiary alicyclic amines) is 1. The number of anilines is 1. The molecule has 194 valence electrons. The van der Waals surface area contributed by atoms with E-state index in [0.29, 0.717) is 17.4 Å². The van der Waals surface area contributed by atoms with Crippen molar-refractivity contribution in [3.05, 3.63) is 58.6 Å². The molecule has 0 bridgehead atoms. The van der Waals surface area contributed by atoms with Gasteiger partial charge in [-0.05, 0) is 81.2 Å². The molecule has 3 aliphatic heterocycles. The number of hydrogen-bond donors (Lipinski definition) is 0. The predicted molar refractivity (Wildman–Crippen MR) is 141 cm³/mol. The molecular formula is C27H33ClN2O5S. The van der Waals surface area contributed by atoms with Crippen molar-refractivity contribution >= 4 is 33.0 Å². The molecule has 0 saturated carbocycles. The smallest absolute Gasteiger partial charge is 0.237 e. The summed E-state index contributed by atoms with van der Waals surface area (Å²) in [5.41, 5.74) is 2.27. The average molecular weight is 533 g/mol. The lowest BCUT2D eigenvalue weighted by molar-refractivity contribution is -0.124. The van der Waals surface area contributed by atoms with Crippen LogP contribution in [0, 0.1) is 0 Å². The maximum absolute atomic E-state index is 13.2. The van der Waals surface area contributed by atoms with Crippen LogP contribution in [-0.4, -0.2) is 71.0 Å². The van der Waals surface area contributed by atoms with Crippen LogP contribution >= 0.6 is 11.6 Å². The van der Waals surface area contributed by atoms with Gasteiger partial charge in [-0.2, -0.15) is 0 Å². The van der Waals surface area contributed by atoms with E-state index in [0.717, 1.165) is 49.3 Å². The number of rotatable bonds is 7. The molecule has 2 aromatic carbocycles. The van der Waals surface area contributed by atoms with Gasteiger partial charge in [0.1, 0.15) is 17.1 Å². The number of hydrogen-bond acceptors (Lipinski definition) is 6. The van der Waals surface area contributed by atoms with Crippen LogP contribution in [0.2, 0.25) is 5.02 Å². The van der Waals surface area contributed by atoms with Gasteiger partial charge in [0.15, 0.2) is 9.84 Å². The number of likely N-dealkylation sites (N-methyl/N-ethyl adjacent to an activating group) is 1. The molecule has 2 fully saturated rings. The Hall–Kier alpha value is -2.13. The summed E-state index contributed by atoms with van der Waals surface area (Å²) < 4.78 is 36.2. The van der Waals surface area contributed by atoms with Crippen molar-refractivity contribution in [2.45, 2.75) is 42.1 Å². The average Bonchev–Trinajstić information content (AvgIpc) is 3.02. The molecule has 2 saturated heterocycles. The van der Waals surface area contributed by atoms with E-state index in [1.54, 1.807) is 18.7 Å². The first-order chi connectivity index (χ1) is 17.1. The minimum atomic E-state index is -3.34. The number of sulfone groups is 1. The number of carbonyl (C=O) groups is 1. The van der Waals surface area contributed by atoms with Crippen LogP contribution < -0.4 is 9.64 Å². The number of ether oxygens (including phenoxy) is 2. The van der Waals surface area contributed by atoms with Crippen molar-refractivity contribution in [3.8, 4) is 5.75 Å². The maximum atomic E-state index is 13.2. The number of amides is 1. The zero-order valence-electron chi connectivity index (χ0n) is 21.0. The zero-order chi connectivity index (χ0) is 25.7. The molecule has 7 nitrogen and oxygen atoms in total. The normalized spacial score (nSPS) is 21.0. The van der Waals surface area contributed by atoms with Crippen molar-refractivity contribution < 1.29 is 22.7 Å². The second kappa shape index (κ2) is 9.31. The second-order valence-corrected chi connectivity index (χ2v) is 13.7. The van der Waals surface area contributed by atoms with Crippen molar-refractivity contribution in [1.82, 2.24) is 4.90 Å². The lowest BCUT2D eigenvalue weighted by Crippen LogP contribution is -2.55. The summed E-state index contributed by atoms with van der Waals surface area (Å²) in [6.07, 6.45) is 1.51. The highest BCUT2D eigenvalue weighted by atomic mass is 35.5. The molecule has 3 aliphatic rings. The van der Waals surface area contributed by atoms with Crippen LogP contribution in [0.3, 0.4) is 0 Å². The van der Waals surface area contributed by atoms with E-state index in [1.807, 2.05) is 49.5 Å². The lowest BCUT2D eigenvalue weighted by Gasteiger charge is -2.42. The summed E-state index contributed by atoms with van der Waals surface area (Å²) in [5.74, 6) is 0.866. The predicted octanol–water partition coefficient (Wildman–Crippen LogP) is 3.78. The molecule has 5 rings (SSSR count). The molecule has 0 aromatic heterocycles. The molecule has 1 amide bonds. The minimum absolute atomic E-state index is 0.157. The van der Waals surface area contributed by atoms with Gasteiger partial charge in [-0.25, -0.2) is 8.42 Å². The summed E-state index contributed by atoms with van der Waals surface area (Å²) in [4.78, 5) is 17.3. The maximum Gasteiger partial charge on any atom is 0.237 e. The Kier molecular flexibility index (Phi) is 6.60. The number of piperidine rings is 1. The highest BCUT2D eigenvalue weighted by Gasteiger charge is 2.53. The first-order valence-electron chi connectivity index (χ1n) is 12.5. The van der Waals surface area contributed by atoms with Gasteiger partial charge in [0.2, 0.25) is 5.91 Å². The molecule has 0 unspecified atom stereocenters. The highest BCUT2D eigenvalue weighted by molar-refractivity contribution is 7.93. The Labute approximate surface area is 218 Å². The minimum Gasteiger partial charge on any atom is -0.492 e. The number of nitrogens with zero attached hydrogens (tertiary/aromatic N) is 2. The fourth-order valence-corrected chi connectivity index (χ4v) is 7.79. The van der Waals surface area contributed by atoms with Crippen molar-refractivity contribution in [2.75, 3.05) is 51.4 Å². The molecular weight excluding hydrogens is 500 g/mol. The van der Waals surface area contributed by atoms with E-state index in [1.165, 1.54) is 0 Å². The molecule has 36 heavy (non-hydrogen) atoms. The first kappa shape index (κ1) is 25.5. The van der Waals surface area contributed by atoms with Gasteiger partial charge in [-0.3, -0.25) is 9.69 Å². The Balaban J connectivity index is 1.17. The van der Waals surface area contributed by atoms with Gasteiger partial charge in [0.25, 0.3) is 0 Å². The largest absolute Gasteiger partial charge is 0.492 e. The molecule has 1 spiro atoms. The van der Waals surface area contributed by atoms with Gasteiger partial charge in [-0.15, -0.1) is 0 Å². The third-order valence-electron chi connectivity index (χ3n) is 8.15. The second-order valence-electron chi connectivity index (χ2n) is 10.4. The van der Waals surface area contributed by atoms with E-state index < -0.39 is 25.2 Å². The Morgan fingerprint density at radius 2 is 1.75 bits per heavy atom. The molecule has 0 atom stereocenters. The summed E-state index contributed by atoms with van der Waals surface area (Å²) in [7, 11) is -1.50. The van der Waals surface area contributed by atoms with Gasteiger partial charge in [0, 0.05) is 24.3 Å². The van der Waals surface area contributed by atoms with E-state index in [2.05, 4.69) is 4.90 Å². The summed E-state index contributed by atoms with van der Waals surface area (Å²) in [5, 5.41) is 0.196.